The number of thioether (sulfide) groups is 1. The Morgan fingerprint density at radius 3 is 2.60 bits per heavy atom. The Hall–Kier alpha value is -1.57. The maximum absolute atomic E-state index is 12.1. The Morgan fingerprint density at radius 2 is 2.15 bits per heavy atom. The number of hydrogen-bond acceptors (Lipinski definition) is 5. The average Bonchev–Trinajstić information content (AvgIpc) is 2.96. The highest BCUT2D eigenvalue weighted by Crippen LogP contribution is 2.28. The van der Waals surface area contributed by atoms with E-state index in [2.05, 4.69) is 20.5 Å². The van der Waals surface area contributed by atoms with Crippen LogP contribution in [0.5, 0.6) is 0 Å². The molecule has 1 saturated heterocycles. The topological polar surface area (TPSA) is 108 Å². The van der Waals surface area contributed by atoms with Crippen LogP contribution in [-0.4, -0.2) is 49.2 Å². The lowest BCUT2D eigenvalue weighted by Gasteiger charge is -2.23. The number of carboxylic acids is 1. The van der Waals surface area contributed by atoms with Crippen LogP contribution in [0.15, 0.2) is 0 Å². The number of rotatable bonds is 3. The van der Waals surface area contributed by atoms with Crippen molar-refractivity contribution in [3.63, 3.8) is 0 Å². The lowest BCUT2D eigenvalue weighted by Crippen LogP contribution is -2.55. The van der Waals surface area contributed by atoms with Gasteiger partial charge in [0, 0.05) is 11.2 Å². The minimum absolute atomic E-state index is 0.0209. The number of aromatic nitrogens is 3. The summed E-state index contributed by atoms with van der Waals surface area (Å²) in [7, 11) is 0. The fourth-order valence-electron chi connectivity index (χ4n) is 1.86. The highest BCUT2D eigenvalue weighted by atomic mass is 32.2. The molecule has 0 aromatic carbocycles. The van der Waals surface area contributed by atoms with Crippen molar-refractivity contribution in [2.75, 3.05) is 11.5 Å². The molecule has 1 aromatic rings. The van der Waals surface area contributed by atoms with Crippen LogP contribution in [0.3, 0.4) is 0 Å². The molecular weight excluding hydrogens is 280 g/mol. The zero-order valence-corrected chi connectivity index (χ0v) is 12.5. The summed E-state index contributed by atoms with van der Waals surface area (Å²) in [5.74, 6) is 0.0858. The summed E-state index contributed by atoms with van der Waals surface area (Å²) < 4.78 is 0. The van der Waals surface area contributed by atoms with Crippen molar-refractivity contribution < 1.29 is 14.7 Å². The average molecular weight is 298 g/mol. The van der Waals surface area contributed by atoms with Gasteiger partial charge in [0.25, 0.3) is 5.91 Å². The Kier molecular flexibility index (Phi) is 3.77. The number of carboxylic acid groups (broad SMARTS) is 1. The van der Waals surface area contributed by atoms with Crippen molar-refractivity contribution in [1.82, 2.24) is 20.5 Å². The summed E-state index contributed by atoms with van der Waals surface area (Å²) in [6.07, 6.45) is 0.412. The van der Waals surface area contributed by atoms with Gasteiger partial charge >= 0.3 is 5.97 Å². The molecule has 0 radical (unpaired) electrons. The SMILES string of the molecule is CC(C)(C)c1nc(C(=O)NC2(C(=O)O)CCSC2)n[nH]1. The Morgan fingerprint density at radius 1 is 1.45 bits per heavy atom. The molecule has 0 saturated carbocycles. The molecule has 0 aliphatic carbocycles. The lowest BCUT2D eigenvalue weighted by atomic mass is 9.96. The predicted octanol–water partition coefficient (Wildman–Crippen LogP) is 0.792. The lowest BCUT2D eigenvalue weighted by molar-refractivity contribution is -0.143. The fraction of sp³-hybridized carbons (Fsp3) is 0.667. The maximum atomic E-state index is 12.1. The number of carbonyl (C=O) groups excluding carboxylic acids is 1. The van der Waals surface area contributed by atoms with Crippen molar-refractivity contribution in [2.45, 2.75) is 38.1 Å². The van der Waals surface area contributed by atoms with E-state index in [4.69, 9.17) is 0 Å². The zero-order chi connectivity index (χ0) is 15.0. The summed E-state index contributed by atoms with van der Waals surface area (Å²) >= 11 is 1.51. The number of nitrogens with one attached hydrogen (secondary N) is 2. The first-order valence-electron chi connectivity index (χ1n) is 6.31. The summed E-state index contributed by atoms with van der Waals surface area (Å²) in [6, 6.07) is 0. The summed E-state index contributed by atoms with van der Waals surface area (Å²) in [5, 5.41) is 18.5. The molecule has 2 heterocycles. The van der Waals surface area contributed by atoms with E-state index in [0.717, 1.165) is 0 Å². The number of amides is 1. The second-order valence-corrected chi connectivity index (χ2v) is 7.01. The molecule has 2 rings (SSSR count). The van der Waals surface area contributed by atoms with Gasteiger partial charge in [0.15, 0.2) is 0 Å². The summed E-state index contributed by atoms with van der Waals surface area (Å²) in [6.45, 7) is 5.84. The molecule has 3 N–H and O–H groups in total. The molecular formula is C12H18N4O3S. The molecule has 0 spiro atoms. The quantitative estimate of drug-likeness (QED) is 0.761. The van der Waals surface area contributed by atoms with Gasteiger partial charge < -0.3 is 10.4 Å². The Balaban J connectivity index is 2.16. The van der Waals surface area contributed by atoms with Crippen LogP contribution in [0, 0.1) is 0 Å². The zero-order valence-electron chi connectivity index (χ0n) is 11.7. The number of nitrogens with zero attached hydrogens (tertiary/aromatic N) is 2. The van der Waals surface area contributed by atoms with Gasteiger partial charge in [-0.3, -0.25) is 9.89 Å². The first-order chi connectivity index (χ1) is 9.24. The van der Waals surface area contributed by atoms with E-state index in [1.807, 2.05) is 20.8 Å². The normalized spacial score (nSPS) is 22.8. The molecule has 7 nitrogen and oxygen atoms in total. The van der Waals surface area contributed by atoms with Crippen LogP contribution in [0.25, 0.3) is 0 Å². The number of carbonyl (C=O) groups is 2. The Labute approximate surface area is 120 Å². The summed E-state index contributed by atoms with van der Waals surface area (Å²) in [5.41, 5.74) is -1.45. The summed E-state index contributed by atoms with van der Waals surface area (Å²) in [4.78, 5) is 27.6. The standard InChI is InChI=1S/C12H18N4O3S/c1-11(2,3)9-13-7(15-16-9)8(17)14-12(10(18)19)4-5-20-6-12/h4-6H2,1-3H3,(H,14,17)(H,18,19)(H,13,15,16). The molecule has 1 aliphatic heterocycles. The van der Waals surface area contributed by atoms with Crippen molar-refractivity contribution in [3.05, 3.63) is 11.6 Å². The van der Waals surface area contributed by atoms with Crippen LogP contribution in [0.2, 0.25) is 0 Å². The van der Waals surface area contributed by atoms with E-state index in [0.29, 0.717) is 23.8 Å². The first-order valence-corrected chi connectivity index (χ1v) is 7.47. The van der Waals surface area contributed by atoms with Gasteiger partial charge in [-0.05, 0) is 12.2 Å². The van der Waals surface area contributed by atoms with Crippen molar-refractivity contribution in [3.8, 4) is 0 Å². The highest BCUT2D eigenvalue weighted by molar-refractivity contribution is 7.99. The van der Waals surface area contributed by atoms with Crippen LogP contribution in [0.4, 0.5) is 0 Å². The van der Waals surface area contributed by atoms with Gasteiger partial charge in [-0.2, -0.15) is 11.8 Å². The molecule has 1 unspecified atom stereocenters. The van der Waals surface area contributed by atoms with E-state index in [1.165, 1.54) is 11.8 Å². The predicted molar refractivity (Wildman–Crippen MR) is 74.9 cm³/mol. The van der Waals surface area contributed by atoms with Crippen LogP contribution >= 0.6 is 11.8 Å². The molecule has 1 aliphatic rings. The van der Waals surface area contributed by atoms with Gasteiger partial charge in [-0.15, -0.1) is 5.10 Å². The van der Waals surface area contributed by atoms with Crippen LogP contribution in [0.1, 0.15) is 43.6 Å². The molecule has 0 bridgehead atoms. The van der Waals surface area contributed by atoms with E-state index >= 15 is 0 Å². The number of H-pyrrole nitrogens is 1. The van der Waals surface area contributed by atoms with Crippen LogP contribution < -0.4 is 5.32 Å². The van der Waals surface area contributed by atoms with E-state index < -0.39 is 17.4 Å². The number of aromatic amines is 1. The number of hydrogen-bond donors (Lipinski definition) is 3. The fourth-order valence-corrected chi connectivity index (χ4v) is 3.18. The van der Waals surface area contributed by atoms with Crippen molar-refractivity contribution >= 4 is 23.6 Å². The third kappa shape index (κ3) is 2.79. The number of aliphatic carboxylic acids is 1. The molecule has 1 fully saturated rings. The smallest absolute Gasteiger partial charge is 0.330 e. The molecule has 1 amide bonds. The second kappa shape index (κ2) is 5.08. The first kappa shape index (κ1) is 14.8. The second-order valence-electron chi connectivity index (χ2n) is 5.90. The minimum Gasteiger partial charge on any atom is -0.479 e. The van der Waals surface area contributed by atoms with Gasteiger partial charge in [-0.25, -0.2) is 9.78 Å². The Bertz CT molecular complexity index is 529. The highest BCUT2D eigenvalue weighted by Gasteiger charge is 2.44. The molecule has 1 atom stereocenters. The van der Waals surface area contributed by atoms with Crippen LogP contribution in [-0.2, 0) is 10.2 Å². The largest absolute Gasteiger partial charge is 0.479 e. The third-order valence-corrected chi connectivity index (χ3v) is 4.37. The van der Waals surface area contributed by atoms with E-state index in [-0.39, 0.29) is 11.2 Å². The monoisotopic (exact) mass is 298 g/mol. The van der Waals surface area contributed by atoms with Crippen molar-refractivity contribution in [1.29, 1.82) is 0 Å². The molecule has 1 aromatic heterocycles. The molecule has 110 valence electrons. The van der Waals surface area contributed by atoms with E-state index in [1.54, 1.807) is 0 Å². The minimum atomic E-state index is -1.20. The molecule has 20 heavy (non-hydrogen) atoms. The van der Waals surface area contributed by atoms with Gasteiger partial charge in [0.05, 0.1) is 0 Å². The van der Waals surface area contributed by atoms with Crippen molar-refractivity contribution in [2.24, 2.45) is 0 Å². The van der Waals surface area contributed by atoms with E-state index in [9.17, 15) is 14.7 Å². The van der Waals surface area contributed by atoms with Gasteiger partial charge in [0.2, 0.25) is 5.82 Å². The van der Waals surface area contributed by atoms with Gasteiger partial charge in [0.1, 0.15) is 11.4 Å². The van der Waals surface area contributed by atoms with Gasteiger partial charge in [-0.1, -0.05) is 20.8 Å². The maximum Gasteiger partial charge on any atom is 0.330 e. The third-order valence-electron chi connectivity index (χ3n) is 3.18. The molecule has 8 heteroatoms.